The number of alkyl halides is 3. The van der Waals surface area contributed by atoms with Gasteiger partial charge in [0.25, 0.3) is 0 Å². The molecule has 0 aliphatic carbocycles. The van der Waals surface area contributed by atoms with Crippen LogP contribution in [0.2, 0.25) is 0 Å². The molecular weight excluding hydrogens is 309 g/mol. The Morgan fingerprint density at radius 1 is 1.26 bits per heavy atom. The van der Waals surface area contributed by atoms with E-state index in [0.717, 1.165) is 0 Å². The molecule has 0 saturated heterocycles. The Balaban J connectivity index is 2.71. The number of hydrogen-bond acceptors (Lipinski definition) is 2. The summed E-state index contributed by atoms with van der Waals surface area (Å²) in [6.07, 6.45) is -0.693. The van der Waals surface area contributed by atoms with Crippen LogP contribution in [0.3, 0.4) is 0 Å². The number of amides is 1. The third kappa shape index (κ3) is 6.37. The van der Waals surface area contributed by atoms with Gasteiger partial charge in [0, 0.05) is 6.42 Å². The van der Waals surface area contributed by atoms with Crippen LogP contribution in [-0.4, -0.2) is 15.9 Å². The van der Waals surface area contributed by atoms with Gasteiger partial charge in [-0.25, -0.2) is 0 Å². The van der Waals surface area contributed by atoms with Crippen molar-refractivity contribution in [2.24, 2.45) is 5.92 Å². The van der Waals surface area contributed by atoms with Gasteiger partial charge in [0.2, 0.25) is 15.9 Å². The minimum Gasteiger partial charge on any atom is -0.466 e. The number of nitrogens with one attached hydrogen (secondary N) is 1. The predicted molar refractivity (Wildman–Crippen MR) is 78.7 cm³/mol. The van der Waals surface area contributed by atoms with Crippen LogP contribution in [0.25, 0.3) is 0 Å². The van der Waals surface area contributed by atoms with Gasteiger partial charge in [-0.05, 0) is 18.1 Å². The first-order valence-electron chi connectivity index (χ1n) is 5.87. The summed E-state index contributed by atoms with van der Waals surface area (Å²) in [5.41, 5.74) is 0. The molecule has 0 radical (unpaired) electrons. The molecule has 0 unspecified atom stereocenters. The number of halogens is 3. The largest absolute Gasteiger partial charge is 0.466 e. The molecule has 1 rings (SSSR count). The highest BCUT2D eigenvalue weighted by Gasteiger charge is 2.36. The lowest BCUT2D eigenvalue weighted by Gasteiger charge is -2.26. The summed E-state index contributed by atoms with van der Waals surface area (Å²) >= 11 is 17.5. The zero-order valence-corrected chi connectivity index (χ0v) is 13.0. The molecule has 0 aliphatic rings. The van der Waals surface area contributed by atoms with Crippen LogP contribution in [0.4, 0.5) is 0 Å². The summed E-state index contributed by atoms with van der Waals surface area (Å²) in [6, 6.07) is 8.87. The highest BCUT2D eigenvalue weighted by atomic mass is 35.6. The fraction of sp³-hybridized carbons (Fsp3) is 0.462. The summed E-state index contributed by atoms with van der Waals surface area (Å²) < 4.78 is 3.76. The van der Waals surface area contributed by atoms with Gasteiger partial charge in [0.15, 0.2) is 0 Å². The highest BCUT2D eigenvalue weighted by Crippen LogP contribution is 2.32. The molecule has 0 aromatic heterocycles. The molecule has 1 aromatic rings. The molecule has 19 heavy (non-hydrogen) atoms. The van der Waals surface area contributed by atoms with Gasteiger partial charge in [-0.1, -0.05) is 66.8 Å². The second kappa shape index (κ2) is 7.22. The first kappa shape index (κ1) is 16.4. The third-order valence-corrected chi connectivity index (χ3v) is 2.77. The smallest absolute Gasteiger partial charge is 0.246 e. The molecule has 1 atom stereocenters. The van der Waals surface area contributed by atoms with E-state index in [9.17, 15) is 4.79 Å². The molecule has 0 heterocycles. The van der Waals surface area contributed by atoms with Gasteiger partial charge in [-0.15, -0.1) is 0 Å². The van der Waals surface area contributed by atoms with Crippen LogP contribution in [0.1, 0.15) is 20.3 Å². The number of rotatable bonds is 5. The normalized spacial score (nSPS) is 13.2. The molecule has 0 spiro atoms. The van der Waals surface area contributed by atoms with Crippen molar-refractivity contribution in [1.29, 1.82) is 0 Å². The number of carbonyl (C=O) groups excluding carboxylic acids is 1. The molecular formula is C13H16Cl3NO2. The van der Waals surface area contributed by atoms with Crippen molar-refractivity contribution in [2.75, 3.05) is 0 Å². The Morgan fingerprint density at radius 2 is 1.84 bits per heavy atom. The topological polar surface area (TPSA) is 38.3 Å². The van der Waals surface area contributed by atoms with Crippen LogP contribution in [0, 0.1) is 5.92 Å². The SMILES string of the molecule is CC(C)CC(=O)N[C@@H](Oc1ccccc1)C(Cl)(Cl)Cl. The van der Waals surface area contributed by atoms with Crippen molar-refractivity contribution in [2.45, 2.75) is 30.3 Å². The molecule has 1 amide bonds. The number of hydrogen-bond donors (Lipinski definition) is 1. The Labute approximate surface area is 128 Å². The fourth-order valence-electron chi connectivity index (χ4n) is 1.39. The van der Waals surface area contributed by atoms with Gasteiger partial charge < -0.3 is 10.1 Å². The van der Waals surface area contributed by atoms with Crippen molar-refractivity contribution >= 4 is 40.7 Å². The van der Waals surface area contributed by atoms with Crippen LogP contribution < -0.4 is 10.1 Å². The second-order valence-electron chi connectivity index (χ2n) is 4.52. The molecule has 1 N–H and O–H groups in total. The van der Waals surface area contributed by atoms with E-state index in [-0.39, 0.29) is 11.8 Å². The van der Waals surface area contributed by atoms with Crippen molar-refractivity contribution in [3.05, 3.63) is 30.3 Å². The summed E-state index contributed by atoms with van der Waals surface area (Å²) in [6.45, 7) is 3.87. The zero-order valence-electron chi connectivity index (χ0n) is 10.7. The lowest BCUT2D eigenvalue weighted by Crippen LogP contribution is -2.48. The minimum atomic E-state index is -1.75. The summed E-state index contributed by atoms with van der Waals surface area (Å²) in [4.78, 5) is 11.7. The van der Waals surface area contributed by atoms with E-state index in [1.165, 1.54) is 0 Å². The molecule has 3 nitrogen and oxygen atoms in total. The molecule has 106 valence electrons. The van der Waals surface area contributed by atoms with Crippen LogP contribution in [0.15, 0.2) is 30.3 Å². The lowest BCUT2D eigenvalue weighted by atomic mass is 10.1. The maximum atomic E-state index is 11.7. The first-order chi connectivity index (χ1) is 8.79. The van der Waals surface area contributed by atoms with E-state index < -0.39 is 10.0 Å². The summed E-state index contributed by atoms with van der Waals surface area (Å²) in [7, 11) is 0. The van der Waals surface area contributed by atoms with Crippen LogP contribution in [0.5, 0.6) is 5.75 Å². The quantitative estimate of drug-likeness (QED) is 0.658. The van der Waals surface area contributed by atoms with Crippen molar-refractivity contribution in [3.63, 3.8) is 0 Å². The first-order valence-corrected chi connectivity index (χ1v) is 7.00. The van der Waals surface area contributed by atoms with E-state index in [2.05, 4.69) is 5.32 Å². The highest BCUT2D eigenvalue weighted by molar-refractivity contribution is 6.68. The Bertz CT molecular complexity index is 404. The maximum Gasteiger partial charge on any atom is 0.246 e. The number of para-hydroxylation sites is 1. The molecule has 0 bridgehead atoms. The van der Waals surface area contributed by atoms with Gasteiger partial charge >= 0.3 is 0 Å². The zero-order chi connectivity index (χ0) is 14.5. The number of carbonyl (C=O) groups is 1. The van der Waals surface area contributed by atoms with E-state index >= 15 is 0 Å². The van der Waals surface area contributed by atoms with E-state index in [1.54, 1.807) is 24.3 Å². The monoisotopic (exact) mass is 323 g/mol. The second-order valence-corrected chi connectivity index (χ2v) is 6.89. The minimum absolute atomic E-state index is 0.216. The summed E-state index contributed by atoms with van der Waals surface area (Å²) in [5.74, 6) is 0.513. The Morgan fingerprint density at radius 3 is 2.32 bits per heavy atom. The van der Waals surface area contributed by atoms with Gasteiger partial charge in [0.05, 0.1) is 0 Å². The van der Waals surface area contributed by atoms with Crippen molar-refractivity contribution < 1.29 is 9.53 Å². The predicted octanol–water partition coefficient (Wildman–Crippen LogP) is 3.92. The van der Waals surface area contributed by atoms with E-state index in [0.29, 0.717) is 12.2 Å². The lowest BCUT2D eigenvalue weighted by molar-refractivity contribution is -0.124. The third-order valence-electron chi connectivity index (χ3n) is 2.18. The standard InChI is InChI=1S/C13H16Cl3NO2/c1-9(2)8-11(18)17-12(13(14,15)16)19-10-6-4-3-5-7-10/h3-7,9,12H,8H2,1-2H3,(H,17,18)/t12-/m0/s1. The molecule has 0 aliphatic heterocycles. The Kier molecular flexibility index (Phi) is 6.24. The van der Waals surface area contributed by atoms with Gasteiger partial charge in [0.1, 0.15) is 5.75 Å². The molecule has 0 saturated carbocycles. The van der Waals surface area contributed by atoms with E-state index in [1.807, 2.05) is 19.9 Å². The fourth-order valence-corrected chi connectivity index (χ4v) is 1.69. The summed E-state index contributed by atoms with van der Waals surface area (Å²) in [5, 5.41) is 2.58. The van der Waals surface area contributed by atoms with Gasteiger partial charge in [-0.3, -0.25) is 4.79 Å². The van der Waals surface area contributed by atoms with Crippen molar-refractivity contribution in [3.8, 4) is 5.75 Å². The molecule has 0 fully saturated rings. The average Bonchev–Trinajstić information content (AvgIpc) is 2.27. The van der Waals surface area contributed by atoms with Gasteiger partial charge in [-0.2, -0.15) is 0 Å². The van der Waals surface area contributed by atoms with E-state index in [4.69, 9.17) is 39.5 Å². The molecule has 1 aromatic carbocycles. The molecule has 6 heteroatoms. The van der Waals surface area contributed by atoms with Crippen molar-refractivity contribution in [1.82, 2.24) is 5.32 Å². The van der Waals surface area contributed by atoms with Crippen LogP contribution >= 0.6 is 34.8 Å². The van der Waals surface area contributed by atoms with Crippen LogP contribution in [-0.2, 0) is 4.79 Å². The maximum absolute atomic E-state index is 11.7. The number of benzene rings is 1. The Hall–Kier alpha value is -0.640. The number of ether oxygens (including phenoxy) is 1. The average molecular weight is 325 g/mol.